The number of carboxylic acids is 1. The topological polar surface area (TPSA) is 46.5 Å². The normalized spacial score (nSPS) is 10.8. The summed E-state index contributed by atoms with van der Waals surface area (Å²) in [5.41, 5.74) is 2.95. The lowest BCUT2D eigenvalue weighted by molar-refractivity contribution is -0.131. The molecule has 0 saturated carbocycles. The molecule has 21 heavy (non-hydrogen) atoms. The quantitative estimate of drug-likeness (QED) is 0.412. The van der Waals surface area contributed by atoms with E-state index in [9.17, 15) is 4.79 Å². The fourth-order valence-electron chi connectivity index (χ4n) is 2.22. The molecule has 0 fully saturated rings. The van der Waals surface area contributed by atoms with E-state index in [4.69, 9.17) is 9.84 Å². The van der Waals surface area contributed by atoms with E-state index in [0.717, 1.165) is 54.2 Å². The van der Waals surface area contributed by atoms with Crippen molar-refractivity contribution in [2.75, 3.05) is 6.61 Å². The summed E-state index contributed by atoms with van der Waals surface area (Å²) in [6.45, 7) is 8.39. The summed E-state index contributed by atoms with van der Waals surface area (Å²) in [6.07, 6.45) is 9.08. The Morgan fingerprint density at radius 1 is 1.24 bits per heavy atom. The zero-order chi connectivity index (χ0) is 15.7. The van der Waals surface area contributed by atoms with Crippen LogP contribution in [-0.4, -0.2) is 17.7 Å². The molecule has 3 nitrogen and oxygen atoms in total. The monoisotopic (exact) mass is 288 g/mol. The Morgan fingerprint density at radius 3 is 2.48 bits per heavy atom. The fourth-order valence-corrected chi connectivity index (χ4v) is 2.22. The van der Waals surface area contributed by atoms with E-state index < -0.39 is 5.97 Å². The summed E-state index contributed by atoms with van der Waals surface area (Å²) in [5.74, 6) is -0.0312. The first-order valence-corrected chi connectivity index (χ1v) is 7.30. The van der Waals surface area contributed by atoms with Crippen LogP contribution in [0, 0.1) is 13.8 Å². The van der Waals surface area contributed by atoms with E-state index in [1.807, 2.05) is 32.1 Å². The third kappa shape index (κ3) is 6.30. The Morgan fingerprint density at radius 2 is 1.90 bits per heavy atom. The van der Waals surface area contributed by atoms with Crippen LogP contribution in [0.2, 0.25) is 0 Å². The predicted octanol–water partition coefficient (Wildman–Crippen LogP) is 4.53. The minimum atomic E-state index is -0.940. The summed E-state index contributed by atoms with van der Waals surface area (Å²) in [5, 5.41) is 8.66. The number of hydrogen-bond acceptors (Lipinski definition) is 2. The van der Waals surface area contributed by atoms with Crippen LogP contribution in [0.15, 0.2) is 30.9 Å². The number of aliphatic carboxylic acids is 1. The van der Waals surface area contributed by atoms with Gasteiger partial charge in [-0.15, -0.1) is 6.58 Å². The Hall–Kier alpha value is -2.03. The van der Waals surface area contributed by atoms with E-state index in [1.165, 1.54) is 0 Å². The summed E-state index contributed by atoms with van der Waals surface area (Å²) in [7, 11) is 0. The van der Waals surface area contributed by atoms with Gasteiger partial charge in [0.15, 0.2) is 0 Å². The number of rotatable bonds is 9. The molecule has 0 atom stereocenters. The lowest BCUT2D eigenvalue weighted by Gasteiger charge is -2.13. The average Bonchev–Trinajstić information content (AvgIpc) is 2.42. The van der Waals surface area contributed by atoms with Crippen LogP contribution >= 0.6 is 0 Å². The highest BCUT2D eigenvalue weighted by molar-refractivity contribution is 5.85. The average molecular weight is 288 g/mol. The van der Waals surface area contributed by atoms with Crippen molar-refractivity contribution >= 4 is 12.0 Å². The molecule has 0 unspecified atom stereocenters. The maximum Gasteiger partial charge on any atom is 0.328 e. The maximum atomic E-state index is 10.5. The van der Waals surface area contributed by atoms with Gasteiger partial charge in [-0.2, -0.15) is 0 Å². The summed E-state index contributed by atoms with van der Waals surface area (Å²) < 4.78 is 5.86. The molecule has 0 aromatic heterocycles. The van der Waals surface area contributed by atoms with Gasteiger partial charge in [-0.05, 0) is 74.4 Å². The molecular weight excluding hydrogens is 264 g/mol. The first-order chi connectivity index (χ1) is 10.0. The molecule has 3 heteroatoms. The molecular formula is C18H24O3. The van der Waals surface area contributed by atoms with Crippen LogP contribution in [0.3, 0.4) is 0 Å². The molecule has 1 rings (SSSR count). The van der Waals surface area contributed by atoms with Gasteiger partial charge in [-0.3, -0.25) is 0 Å². The van der Waals surface area contributed by atoms with Gasteiger partial charge in [0.2, 0.25) is 0 Å². The van der Waals surface area contributed by atoms with Crippen LogP contribution in [-0.2, 0) is 4.79 Å². The second kappa shape index (κ2) is 9.01. The predicted molar refractivity (Wildman–Crippen MR) is 86.7 cm³/mol. The lowest BCUT2D eigenvalue weighted by Crippen LogP contribution is -2.01. The molecule has 0 amide bonds. The standard InChI is InChI=1S/C18H24O3/c1-4-5-6-7-8-11-21-18-14(2)12-16(13-15(18)3)9-10-17(19)20/h4,9-10,12-13H,1,5-8,11H2,2-3H3,(H,19,20)/b10-9+. The number of hydrogen-bond donors (Lipinski definition) is 1. The fraction of sp³-hybridized carbons (Fsp3) is 0.389. The molecule has 0 spiro atoms. The molecule has 0 heterocycles. The first kappa shape index (κ1) is 17.0. The Balaban J connectivity index is 2.59. The van der Waals surface area contributed by atoms with Crippen LogP contribution in [0.4, 0.5) is 0 Å². The van der Waals surface area contributed by atoms with Crippen molar-refractivity contribution in [3.63, 3.8) is 0 Å². The van der Waals surface area contributed by atoms with Gasteiger partial charge in [-0.25, -0.2) is 4.79 Å². The van der Waals surface area contributed by atoms with Gasteiger partial charge < -0.3 is 9.84 Å². The largest absolute Gasteiger partial charge is 0.493 e. The highest BCUT2D eigenvalue weighted by Crippen LogP contribution is 2.25. The van der Waals surface area contributed by atoms with Crippen molar-refractivity contribution in [2.45, 2.75) is 39.5 Å². The molecule has 1 aromatic carbocycles. The van der Waals surface area contributed by atoms with Crippen molar-refractivity contribution in [3.05, 3.63) is 47.6 Å². The second-order valence-electron chi connectivity index (χ2n) is 5.14. The number of ether oxygens (including phenoxy) is 1. The summed E-state index contributed by atoms with van der Waals surface area (Å²) in [4.78, 5) is 10.5. The molecule has 0 radical (unpaired) electrons. The molecule has 0 bridgehead atoms. The van der Waals surface area contributed by atoms with Gasteiger partial charge in [0.05, 0.1) is 6.61 Å². The molecule has 0 aliphatic heterocycles. The number of benzene rings is 1. The lowest BCUT2D eigenvalue weighted by atomic mass is 10.1. The van der Waals surface area contributed by atoms with E-state index in [-0.39, 0.29) is 0 Å². The van der Waals surface area contributed by atoms with E-state index in [1.54, 1.807) is 6.08 Å². The molecule has 1 N–H and O–H groups in total. The molecule has 0 saturated heterocycles. The van der Waals surface area contributed by atoms with Crippen LogP contribution in [0.1, 0.15) is 42.4 Å². The highest BCUT2D eigenvalue weighted by Gasteiger charge is 2.05. The van der Waals surface area contributed by atoms with Gasteiger partial charge in [0, 0.05) is 6.08 Å². The SMILES string of the molecule is C=CCCCCCOc1c(C)cc(/C=C/C(=O)O)cc1C. The van der Waals surface area contributed by atoms with Crippen molar-refractivity contribution < 1.29 is 14.6 Å². The number of allylic oxidation sites excluding steroid dienone is 1. The number of aryl methyl sites for hydroxylation is 2. The smallest absolute Gasteiger partial charge is 0.328 e. The Labute approximate surface area is 127 Å². The molecule has 0 aliphatic carbocycles. The van der Waals surface area contributed by atoms with Gasteiger partial charge in [-0.1, -0.05) is 6.08 Å². The van der Waals surface area contributed by atoms with E-state index in [0.29, 0.717) is 6.61 Å². The highest BCUT2D eigenvalue weighted by atomic mass is 16.5. The number of unbranched alkanes of at least 4 members (excludes halogenated alkanes) is 3. The third-order valence-corrected chi connectivity index (χ3v) is 3.20. The van der Waals surface area contributed by atoms with Crippen molar-refractivity contribution in [1.82, 2.24) is 0 Å². The summed E-state index contributed by atoms with van der Waals surface area (Å²) in [6, 6.07) is 3.89. The van der Waals surface area contributed by atoms with Crippen molar-refractivity contribution in [1.29, 1.82) is 0 Å². The summed E-state index contributed by atoms with van der Waals surface area (Å²) >= 11 is 0. The first-order valence-electron chi connectivity index (χ1n) is 7.30. The minimum Gasteiger partial charge on any atom is -0.493 e. The number of carboxylic acid groups (broad SMARTS) is 1. The van der Waals surface area contributed by atoms with Gasteiger partial charge >= 0.3 is 5.97 Å². The van der Waals surface area contributed by atoms with Gasteiger partial charge in [0.1, 0.15) is 5.75 Å². The number of carbonyl (C=O) groups is 1. The van der Waals surface area contributed by atoms with E-state index in [2.05, 4.69) is 6.58 Å². The third-order valence-electron chi connectivity index (χ3n) is 3.20. The molecule has 1 aromatic rings. The minimum absolute atomic E-state index is 0.711. The van der Waals surface area contributed by atoms with Crippen LogP contribution in [0.5, 0.6) is 5.75 Å². The van der Waals surface area contributed by atoms with Crippen LogP contribution in [0.25, 0.3) is 6.08 Å². The zero-order valence-corrected chi connectivity index (χ0v) is 12.9. The van der Waals surface area contributed by atoms with Crippen LogP contribution < -0.4 is 4.74 Å². The van der Waals surface area contributed by atoms with E-state index >= 15 is 0 Å². The Bertz CT molecular complexity index is 492. The molecule has 114 valence electrons. The van der Waals surface area contributed by atoms with Gasteiger partial charge in [0.25, 0.3) is 0 Å². The second-order valence-corrected chi connectivity index (χ2v) is 5.14. The molecule has 0 aliphatic rings. The van der Waals surface area contributed by atoms with Crippen molar-refractivity contribution in [3.8, 4) is 5.75 Å². The Kier molecular flexibility index (Phi) is 7.30. The zero-order valence-electron chi connectivity index (χ0n) is 12.9. The van der Waals surface area contributed by atoms with Crippen molar-refractivity contribution in [2.24, 2.45) is 0 Å². The maximum absolute atomic E-state index is 10.5.